The van der Waals surface area contributed by atoms with Crippen LogP contribution in [0.5, 0.6) is 0 Å². The molecule has 0 aliphatic heterocycles. The van der Waals surface area contributed by atoms with Crippen molar-refractivity contribution in [3.63, 3.8) is 0 Å². The van der Waals surface area contributed by atoms with Gasteiger partial charge in [-0.1, -0.05) is 70.2 Å². The van der Waals surface area contributed by atoms with E-state index in [0.29, 0.717) is 5.75 Å². The first kappa shape index (κ1) is 26.4. The molecule has 8 heteroatoms. The Morgan fingerprint density at radius 1 is 1.05 bits per heavy atom. The summed E-state index contributed by atoms with van der Waals surface area (Å²) >= 11 is 4.63. The van der Waals surface area contributed by atoms with Crippen LogP contribution in [0.4, 0.5) is 0 Å². The molecule has 38 heavy (non-hydrogen) atoms. The average molecular weight is 592 g/mol. The molecule has 5 rings (SSSR count). The van der Waals surface area contributed by atoms with Gasteiger partial charge in [0.25, 0.3) is 0 Å². The SMILES string of the molecule is CC(=O)SCC(C(=O)NC(Cc1c2ccccc2nc2ccccc12)C(=O)O)C1CCc2cc(Br)ccc21. The number of halogens is 1. The number of carbonyl (C=O) groups is 3. The van der Waals surface area contributed by atoms with E-state index in [1.54, 1.807) is 0 Å². The molecule has 0 radical (unpaired) electrons. The number of carbonyl (C=O) groups excluding carboxylic acids is 2. The quantitative estimate of drug-likeness (QED) is 0.248. The van der Waals surface area contributed by atoms with Gasteiger partial charge in [-0.15, -0.1) is 0 Å². The number of fused-ring (bicyclic) bond motifs is 3. The monoisotopic (exact) mass is 590 g/mol. The second-order valence-corrected chi connectivity index (χ2v) is 11.7. The van der Waals surface area contributed by atoms with E-state index < -0.39 is 17.9 Å². The summed E-state index contributed by atoms with van der Waals surface area (Å²) in [6.45, 7) is 1.49. The summed E-state index contributed by atoms with van der Waals surface area (Å²) < 4.78 is 0.985. The van der Waals surface area contributed by atoms with Crippen LogP contribution in [0, 0.1) is 5.92 Å². The lowest BCUT2D eigenvalue weighted by Crippen LogP contribution is -2.46. The van der Waals surface area contributed by atoms with Gasteiger partial charge >= 0.3 is 5.97 Å². The van der Waals surface area contributed by atoms with E-state index in [4.69, 9.17) is 4.98 Å². The lowest BCUT2D eigenvalue weighted by atomic mass is 9.87. The van der Waals surface area contributed by atoms with Crippen LogP contribution in [0.1, 0.15) is 36.0 Å². The molecule has 194 valence electrons. The highest BCUT2D eigenvalue weighted by Gasteiger charge is 2.36. The first-order chi connectivity index (χ1) is 18.3. The molecule has 1 aliphatic carbocycles. The smallest absolute Gasteiger partial charge is 0.326 e. The lowest BCUT2D eigenvalue weighted by molar-refractivity contribution is -0.142. The van der Waals surface area contributed by atoms with E-state index >= 15 is 0 Å². The highest BCUT2D eigenvalue weighted by Crippen LogP contribution is 2.41. The molecule has 6 nitrogen and oxygen atoms in total. The maximum Gasteiger partial charge on any atom is 0.326 e. The van der Waals surface area contributed by atoms with Crippen molar-refractivity contribution in [2.75, 3.05) is 5.75 Å². The number of pyridine rings is 1. The Morgan fingerprint density at radius 2 is 1.71 bits per heavy atom. The molecule has 0 saturated carbocycles. The van der Waals surface area contributed by atoms with Gasteiger partial charge in [0, 0.05) is 34.3 Å². The van der Waals surface area contributed by atoms with Crippen LogP contribution in [0.3, 0.4) is 0 Å². The molecule has 0 spiro atoms. The molecule has 3 atom stereocenters. The van der Waals surface area contributed by atoms with Gasteiger partial charge in [-0.05, 0) is 59.7 Å². The summed E-state index contributed by atoms with van der Waals surface area (Å²) in [6, 6.07) is 20.2. The molecule has 3 aromatic carbocycles. The zero-order chi connectivity index (χ0) is 26.8. The molecule has 1 aromatic heterocycles. The summed E-state index contributed by atoms with van der Waals surface area (Å²) in [4.78, 5) is 42.7. The van der Waals surface area contributed by atoms with Crippen molar-refractivity contribution in [1.29, 1.82) is 0 Å². The third-order valence-corrected chi connectivity index (χ3v) is 8.67. The Labute approximate surface area is 233 Å². The molecule has 0 saturated heterocycles. The van der Waals surface area contributed by atoms with Crippen LogP contribution >= 0.6 is 27.7 Å². The number of carboxylic acids is 1. The van der Waals surface area contributed by atoms with Gasteiger partial charge in [0.05, 0.1) is 17.0 Å². The van der Waals surface area contributed by atoms with Crippen molar-refractivity contribution in [3.05, 3.63) is 87.9 Å². The summed E-state index contributed by atoms with van der Waals surface area (Å²) in [5.41, 5.74) is 4.67. The molecular formula is C30H27BrN2O4S. The predicted molar refractivity (Wildman–Crippen MR) is 154 cm³/mol. The first-order valence-electron chi connectivity index (χ1n) is 12.5. The fourth-order valence-electron chi connectivity index (χ4n) is 5.45. The first-order valence-corrected chi connectivity index (χ1v) is 14.3. The molecule has 3 unspecified atom stereocenters. The maximum atomic E-state index is 13.7. The number of rotatable bonds is 8. The Hall–Kier alpha value is -3.23. The molecule has 0 bridgehead atoms. The van der Waals surface area contributed by atoms with E-state index in [2.05, 4.69) is 27.3 Å². The molecule has 1 heterocycles. The zero-order valence-corrected chi connectivity index (χ0v) is 23.2. The number of carboxylic acid groups (broad SMARTS) is 1. The van der Waals surface area contributed by atoms with Crippen molar-refractivity contribution >= 4 is 66.5 Å². The normalized spacial score (nSPS) is 16.2. The largest absolute Gasteiger partial charge is 0.480 e. The molecular weight excluding hydrogens is 564 g/mol. The van der Waals surface area contributed by atoms with Gasteiger partial charge in [-0.3, -0.25) is 9.59 Å². The number of thioether (sulfide) groups is 1. The van der Waals surface area contributed by atoms with E-state index in [9.17, 15) is 19.5 Å². The predicted octanol–water partition coefficient (Wildman–Crippen LogP) is 5.89. The maximum absolute atomic E-state index is 13.7. The van der Waals surface area contributed by atoms with Crippen LogP contribution < -0.4 is 5.32 Å². The van der Waals surface area contributed by atoms with E-state index in [0.717, 1.165) is 62.0 Å². The van der Waals surface area contributed by atoms with Crippen molar-refractivity contribution in [1.82, 2.24) is 10.3 Å². The number of hydrogen-bond acceptors (Lipinski definition) is 5. The third-order valence-electron chi connectivity index (χ3n) is 7.24. The molecule has 4 aromatic rings. The number of benzene rings is 3. The topological polar surface area (TPSA) is 96.4 Å². The van der Waals surface area contributed by atoms with Crippen molar-refractivity contribution in [2.24, 2.45) is 5.92 Å². The third kappa shape index (κ3) is 5.47. The second kappa shape index (κ2) is 11.3. The van der Waals surface area contributed by atoms with Crippen LogP contribution in [0.2, 0.25) is 0 Å². The average Bonchev–Trinajstić information content (AvgIpc) is 3.30. The summed E-state index contributed by atoms with van der Waals surface area (Å²) in [5.74, 6) is -1.75. The molecule has 1 amide bonds. The zero-order valence-electron chi connectivity index (χ0n) is 20.8. The Morgan fingerprint density at radius 3 is 2.34 bits per heavy atom. The number of aliphatic carboxylic acids is 1. The number of para-hydroxylation sites is 2. The number of aromatic nitrogens is 1. The van der Waals surface area contributed by atoms with Gasteiger partial charge in [-0.25, -0.2) is 9.78 Å². The van der Waals surface area contributed by atoms with E-state index in [1.807, 2.05) is 60.7 Å². The van der Waals surface area contributed by atoms with Crippen LogP contribution in [0.15, 0.2) is 71.2 Å². The van der Waals surface area contributed by atoms with E-state index in [-0.39, 0.29) is 23.4 Å². The van der Waals surface area contributed by atoms with Crippen molar-refractivity contribution in [3.8, 4) is 0 Å². The van der Waals surface area contributed by atoms with Gasteiger partial charge < -0.3 is 10.4 Å². The number of aryl methyl sites for hydroxylation is 1. The van der Waals surface area contributed by atoms with Gasteiger partial charge in [0.15, 0.2) is 5.12 Å². The summed E-state index contributed by atoms with van der Waals surface area (Å²) in [6.07, 6.45) is 1.73. The van der Waals surface area contributed by atoms with Gasteiger partial charge in [0.1, 0.15) is 6.04 Å². The summed E-state index contributed by atoms with van der Waals surface area (Å²) in [7, 11) is 0. The number of nitrogens with zero attached hydrogens (tertiary/aromatic N) is 1. The standard InChI is InChI=1S/C30H27BrN2O4S/c1-17(34)38-16-25(21-12-10-18-14-19(31)11-13-20(18)21)29(35)33-28(30(36)37)15-24-22-6-2-4-8-26(22)32-27-9-5-3-7-23(24)27/h2-9,11,13-14,21,25,28H,10,12,15-16H2,1H3,(H,33,35)(H,36,37). The number of nitrogens with one attached hydrogen (secondary N) is 1. The second-order valence-electron chi connectivity index (χ2n) is 9.63. The Kier molecular flexibility index (Phi) is 7.81. The fourth-order valence-corrected chi connectivity index (χ4v) is 6.66. The van der Waals surface area contributed by atoms with Crippen molar-refractivity contribution in [2.45, 2.75) is 38.1 Å². The van der Waals surface area contributed by atoms with Crippen LogP contribution in [-0.2, 0) is 27.2 Å². The molecule has 1 aliphatic rings. The Balaban J connectivity index is 1.47. The fraction of sp³-hybridized carbons (Fsp3) is 0.267. The minimum Gasteiger partial charge on any atom is -0.480 e. The van der Waals surface area contributed by atoms with Crippen LogP contribution in [-0.4, -0.2) is 38.9 Å². The van der Waals surface area contributed by atoms with E-state index in [1.165, 1.54) is 12.5 Å². The summed E-state index contributed by atoms with van der Waals surface area (Å²) in [5, 5.41) is 14.7. The lowest BCUT2D eigenvalue weighted by Gasteiger charge is -2.26. The minimum atomic E-state index is -1.13. The highest BCUT2D eigenvalue weighted by atomic mass is 79.9. The number of hydrogen-bond donors (Lipinski definition) is 2. The molecule has 2 N–H and O–H groups in total. The highest BCUT2D eigenvalue weighted by molar-refractivity contribution is 9.10. The van der Waals surface area contributed by atoms with Crippen molar-refractivity contribution < 1.29 is 19.5 Å². The van der Waals surface area contributed by atoms with Crippen LogP contribution in [0.25, 0.3) is 21.8 Å². The minimum absolute atomic E-state index is 0.0682. The Bertz CT molecular complexity index is 1500. The van der Waals surface area contributed by atoms with Gasteiger partial charge in [-0.2, -0.15) is 0 Å². The number of amides is 1. The van der Waals surface area contributed by atoms with Gasteiger partial charge in [0.2, 0.25) is 5.91 Å². The molecule has 0 fully saturated rings.